The summed E-state index contributed by atoms with van der Waals surface area (Å²) in [5.74, 6) is 0.955. The average molecular weight is 331 g/mol. The first-order chi connectivity index (χ1) is 11.3. The number of para-hydroxylation sites is 1. The van der Waals surface area contributed by atoms with Crippen molar-refractivity contribution in [3.05, 3.63) is 29.3 Å². The molecule has 132 valence electrons. The Kier molecular flexibility index (Phi) is 6.37. The largest absolute Gasteiger partial charge is 0.346 e. The molecule has 0 spiro atoms. The molecule has 1 aliphatic heterocycles. The molecule has 2 rings (SSSR count). The number of anilines is 1. The van der Waals surface area contributed by atoms with E-state index in [2.05, 4.69) is 29.4 Å². The molecule has 1 aliphatic rings. The predicted octanol–water partition coefficient (Wildman–Crippen LogP) is 2.34. The summed E-state index contributed by atoms with van der Waals surface area (Å²) in [6, 6.07) is 5.88. The lowest BCUT2D eigenvalue weighted by molar-refractivity contribution is -0.125. The smallest absolute Gasteiger partial charge is 0.243 e. The molecular weight excluding hydrogens is 302 g/mol. The number of nitrogens with zero attached hydrogens (tertiary/aromatic N) is 1. The predicted molar refractivity (Wildman–Crippen MR) is 96.9 cm³/mol. The second-order valence-electron chi connectivity index (χ2n) is 7.23. The van der Waals surface area contributed by atoms with Gasteiger partial charge in [0.1, 0.15) is 0 Å². The number of piperidine rings is 1. The molecule has 5 nitrogen and oxygen atoms in total. The molecule has 0 saturated carbocycles. The van der Waals surface area contributed by atoms with Gasteiger partial charge < -0.3 is 10.6 Å². The van der Waals surface area contributed by atoms with E-state index in [4.69, 9.17) is 0 Å². The maximum atomic E-state index is 12.1. The van der Waals surface area contributed by atoms with Crippen LogP contribution in [0.4, 0.5) is 5.69 Å². The zero-order chi connectivity index (χ0) is 17.7. The number of benzene rings is 1. The summed E-state index contributed by atoms with van der Waals surface area (Å²) in [5.41, 5.74) is 2.87. The third-order valence-corrected chi connectivity index (χ3v) is 4.50. The molecule has 0 radical (unpaired) electrons. The van der Waals surface area contributed by atoms with Crippen LogP contribution in [-0.4, -0.2) is 42.9 Å². The summed E-state index contributed by atoms with van der Waals surface area (Å²) in [6.07, 6.45) is 1.22. The van der Waals surface area contributed by atoms with E-state index in [0.29, 0.717) is 18.4 Å². The number of carbonyl (C=O) groups excluding carboxylic acids is 2. The lowest BCUT2D eigenvalue weighted by atomic mass is 9.92. The van der Waals surface area contributed by atoms with E-state index in [1.54, 1.807) is 0 Å². The summed E-state index contributed by atoms with van der Waals surface area (Å²) in [4.78, 5) is 26.3. The zero-order valence-corrected chi connectivity index (χ0v) is 15.2. The molecule has 0 aromatic heterocycles. The van der Waals surface area contributed by atoms with Gasteiger partial charge in [-0.1, -0.05) is 32.0 Å². The number of likely N-dealkylation sites (tertiary alicyclic amines) is 1. The molecule has 1 aromatic rings. The lowest BCUT2D eigenvalue weighted by Crippen LogP contribution is -2.45. The second-order valence-corrected chi connectivity index (χ2v) is 7.23. The van der Waals surface area contributed by atoms with Gasteiger partial charge in [0.2, 0.25) is 11.8 Å². The highest BCUT2D eigenvalue weighted by Crippen LogP contribution is 2.20. The van der Waals surface area contributed by atoms with E-state index in [1.807, 2.05) is 32.0 Å². The van der Waals surface area contributed by atoms with Crippen LogP contribution in [0.5, 0.6) is 0 Å². The minimum absolute atomic E-state index is 0.00551. The van der Waals surface area contributed by atoms with Gasteiger partial charge >= 0.3 is 0 Å². The molecule has 2 N–H and O–H groups in total. The summed E-state index contributed by atoms with van der Waals surface area (Å²) in [7, 11) is 0. The van der Waals surface area contributed by atoms with E-state index >= 15 is 0 Å². The molecule has 1 fully saturated rings. The average Bonchev–Trinajstić information content (AvgIpc) is 2.48. The van der Waals surface area contributed by atoms with Crippen molar-refractivity contribution in [1.82, 2.24) is 10.2 Å². The summed E-state index contributed by atoms with van der Waals surface area (Å²) in [6.45, 7) is 10.6. The van der Waals surface area contributed by atoms with Crippen molar-refractivity contribution in [2.75, 3.05) is 31.5 Å². The summed E-state index contributed by atoms with van der Waals surface area (Å²) >= 11 is 0. The zero-order valence-electron chi connectivity index (χ0n) is 15.2. The maximum Gasteiger partial charge on any atom is 0.243 e. The minimum atomic E-state index is -0.193. The van der Waals surface area contributed by atoms with E-state index in [9.17, 15) is 9.59 Å². The highest BCUT2D eigenvalue weighted by molar-refractivity contribution is 5.95. The Bertz CT molecular complexity index is 570. The fourth-order valence-corrected chi connectivity index (χ4v) is 3.55. The Morgan fingerprint density at radius 3 is 2.25 bits per heavy atom. The number of amides is 2. The Morgan fingerprint density at radius 1 is 1.08 bits per heavy atom. The van der Waals surface area contributed by atoms with Crippen molar-refractivity contribution < 1.29 is 9.59 Å². The number of rotatable bonds is 5. The molecule has 0 aliphatic carbocycles. The van der Waals surface area contributed by atoms with Crippen LogP contribution in [0.25, 0.3) is 0 Å². The van der Waals surface area contributed by atoms with Crippen LogP contribution in [-0.2, 0) is 9.59 Å². The topological polar surface area (TPSA) is 61.4 Å². The molecular formula is C19H29N3O2. The van der Waals surface area contributed by atoms with Crippen LogP contribution in [0.2, 0.25) is 0 Å². The van der Waals surface area contributed by atoms with Crippen molar-refractivity contribution in [2.24, 2.45) is 11.8 Å². The van der Waals surface area contributed by atoms with Crippen molar-refractivity contribution in [1.29, 1.82) is 0 Å². The summed E-state index contributed by atoms with van der Waals surface area (Å²) in [5, 5.41) is 5.61. The molecule has 0 bridgehead atoms. The molecule has 5 heteroatoms. The number of carbonyl (C=O) groups is 2. The van der Waals surface area contributed by atoms with Crippen molar-refractivity contribution in [3.8, 4) is 0 Å². The van der Waals surface area contributed by atoms with Gasteiger partial charge in [0.05, 0.1) is 13.1 Å². The number of hydrogen-bond donors (Lipinski definition) is 2. The molecule has 2 atom stereocenters. The molecule has 1 heterocycles. The number of hydrogen-bond acceptors (Lipinski definition) is 3. The first-order valence-electron chi connectivity index (χ1n) is 8.70. The van der Waals surface area contributed by atoms with Crippen LogP contribution < -0.4 is 10.6 Å². The van der Waals surface area contributed by atoms with E-state index in [0.717, 1.165) is 29.9 Å². The van der Waals surface area contributed by atoms with Crippen molar-refractivity contribution >= 4 is 17.5 Å². The third kappa shape index (κ3) is 5.34. The fourth-order valence-electron chi connectivity index (χ4n) is 3.55. The van der Waals surface area contributed by atoms with E-state index in [1.165, 1.54) is 6.42 Å². The van der Waals surface area contributed by atoms with Crippen LogP contribution in [0, 0.1) is 25.7 Å². The molecule has 1 aromatic carbocycles. The van der Waals surface area contributed by atoms with Gasteiger partial charge in [-0.05, 0) is 43.2 Å². The summed E-state index contributed by atoms with van der Waals surface area (Å²) < 4.78 is 0. The van der Waals surface area contributed by atoms with Gasteiger partial charge in [-0.3, -0.25) is 14.5 Å². The second kappa shape index (κ2) is 8.29. The standard InChI is InChI=1S/C19H29N3O2/c1-13-8-14(2)11-22(10-13)12-18(24)20-9-17(23)21-19-15(3)6-5-7-16(19)4/h5-7,13-14H,8-12H2,1-4H3,(H,20,24)(H,21,23)/t13-,14+. The van der Waals surface area contributed by atoms with Crippen molar-refractivity contribution in [3.63, 3.8) is 0 Å². The van der Waals surface area contributed by atoms with Crippen LogP contribution >= 0.6 is 0 Å². The van der Waals surface area contributed by atoms with Gasteiger partial charge in [0.25, 0.3) is 0 Å². The van der Waals surface area contributed by atoms with Crippen LogP contribution in [0.15, 0.2) is 18.2 Å². The highest BCUT2D eigenvalue weighted by atomic mass is 16.2. The number of nitrogens with one attached hydrogen (secondary N) is 2. The molecule has 2 amide bonds. The maximum absolute atomic E-state index is 12.1. The fraction of sp³-hybridized carbons (Fsp3) is 0.579. The van der Waals surface area contributed by atoms with Crippen LogP contribution in [0.3, 0.4) is 0 Å². The Labute approximate surface area is 144 Å². The Balaban J connectivity index is 1.78. The number of aryl methyl sites for hydroxylation is 2. The van der Waals surface area contributed by atoms with Gasteiger partial charge in [0.15, 0.2) is 0 Å². The quantitative estimate of drug-likeness (QED) is 0.870. The highest BCUT2D eigenvalue weighted by Gasteiger charge is 2.23. The van der Waals surface area contributed by atoms with Crippen LogP contribution in [0.1, 0.15) is 31.4 Å². The van der Waals surface area contributed by atoms with Gasteiger partial charge in [-0.15, -0.1) is 0 Å². The Morgan fingerprint density at radius 2 is 1.67 bits per heavy atom. The van der Waals surface area contributed by atoms with Crippen molar-refractivity contribution in [2.45, 2.75) is 34.1 Å². The lowest BCUT2D eigenvalue weighted by Gasteiger charge is -2.34. The van der Waals surface area contributed by atoms with Gasteiger partial charge in [0, 0.05) is 18.8 Å². The molecule has 0 unspecified atom stereocenters. The normalized spacial score (nSPS) is 21.3. The Hall–Kier alpha value is -1.88. The van der Waals surface area contributed by atoms with Gasteiger partial charge in [-0.2, -0.15) is 0 Å². The van der Waals surface area contributed by atoms with Gasteiger partial charge in [-0.25, -0.2) is 0 Å². The van der Waals surface area contributed by atoms with E-state index < -0.39 is 0 Å². The first kappa shape index (κ1) is 18.5. The van der Waals surface area contributed by atoms with E-state index in [-0.39, 0.29) is 18.4 Å². The molecule has 24 heavy (non-hydrogen) atoms. The minimum Gasteiger partial charge on any atom is -0.346 e. The monoisotopic (exact) mass is 331 g/mol. The third-order valence-electron chi connectivity index (χ3n) is 4.50. The molecule has 1 saturated heterocycles. The first-order valence-corrected chi connectivity index (χ1v) is 8.70. The SMILES string of the molecule is Cc1cccc(C)c1NC(=O)CNC(=O)CN1C[C@H](C)C[C@H](C)C1.